The maximum atomic E-state index is 12.1. The van der Waals surface area contributed by atoms with Crippen molar-refractivity contribution in [3.63, 3.8) is 0 Å². The molecule has 0 amide bonds. The zero-order valence-corrected chi connectivity index (χ0v) is 17.0. The first-order valence-electron chi connectivity index (χ1n) is 8.24. The lowest BCUT2D eigenvalue weighted by molar-refractivity contribution is -0.135. The largest absolute Gasteiger partial charge is 0.494 e. The highest BCUT2D eigenvalue weighted by Gasteiger charge is 2.41. The first-order chi connectivity index (χ1) is 13.8. The molecule has 7 nitrogen and oxygen atoms in total. The summed E-state index contributed by atoms with van der Waals surface area (Å²) in [6.07, 6.45) is 0. The average molecular weight is 432 g/mol. The Balaban J connectivity index is 0.000000176. The van der Waals surface area contributed by atoms with Gasteiger partial charge in [0, 0.05) is 10.3 Å². The normalized spacial score (nSPS) is 14.0. The van der Waals surface area contributed by atoms with E-state index in [1.807, 2.05) is 24.3 Å². The molecule has 1 N–H and O–H groups in total. The van der Waals surface area contributed by atoms with E-state index in [2.05, 4.69) is 4.74 Å². The number of carboxylic acid groups (broad SMARTS) is 1. The third-order valence-corrected chi connectivity index (χ3v) is 7.04. The summed E-state index contributed by atoms with van der Waals surface area (Å²) in [4.78, 5) is 22.1. The molecule has 0 saturated carbocycles. The van der Waals surface area contributed by atoms with Gasteiger partial charge in [-0.25, -0.2) is 18.0 Å². The summed E-state index contributed by atoms with van der Waals surface area (Å²) in [7, 11) is -1.40. The molecule has 150 valence electrons. The van der Waals surface area contributed by atoms with Crippen molar-refractivity contribution in [1.82, 2.24) is 0 Å². The number of methoxy groups -OCH3 is 2. The third-order valence-electron chi connectivity index (χ3n) is 4.11. The minimum atomic E-state index is -3.84. The van der Waals surface area contributed by atoms with E-state index >= 15 is 0 Å². The number of esters is 1. The van der Waals surface area contributed by atoms with Crippen molar-refractivity contribution in [2.24, 2.45) is 0 Å². The van der Waals surface area contributed by atoms with Crippen LogP contribution < -0.4 is 0 Å². The Hall–Kier alpha value is -3.17. The Morgan fingerprint density at radius 2 is 1.66 bits per heavy atom. The van der Waals surface area contributed by atoms with Crippen LogP contribution in [0.2, 0.25) is 0 Å². The van der Waals surface area contributed by atoms with Crippen LogP contribution in [0.3, 0.4) is 0 Å². The number of thiophene rings is 1. The third kappa shape index (κ3) is 3.74. The Kier molecular flexibility index (Phi) is 5.71. The van der Waals surface area contributed by atoms with E-state index < -0.39 is 26.7 Å². The fourth-order valence-corrected chi connectivity index (χ4v) is 5.40. The van der Waals surface area contributed by atoms with Gasteiger partial charge in [-0.05, 0) is 29.7 Å². The minimum absolute atomic E-state index is 0.0347. The van der Waals surface area contributed by atoms with Crippen molar-refractivity contribution in [3.05, 3.63) is 69.9 Å². The van der Waals surface area contributed by atoms with Gasteiger partial charge < -0.3 is 14.6 Å². The summed E-state index contributed by atoms with van der Waals surface area (Å²) in [5.74, 6) is -1.73. The van der Waals surface area contributed by atoms with Gasteiger partial charge >= 0.3 is 11.9 Å². The van der Waals surface area contributed by atoms with Crippen LogP contribution >= 0.6 is 11.3 Å². The van der Waals surface area contributed by atoms with Crippen LogP contribution in [0.1, 0.15) is 15.2 Å². The number of carboxylic acids is 1. The SMILES string of the molecule is COC(=O)C1=C(OC)c2ccccc2S1(=O)=O.O=C(O)c1cc2ccccc2s1. The molecule has 2 heterocycles. The minimum Gasteiger partial charge on any atom is -0.494 e. The maximum Gasteiger partial charge on any atom is 0.353 e. The smallest absolute Gasteiger partial charge is 0.353 e. The Labute approximate surface area is 170 Å². The number of sulfone groups is 1. The molecule has 0 aliphatic carbocycles. The number of ether oxygens (including phenoxy) is 2. The molecular formula is C20H16O7S2. The standard InChI is InChI=1S/C11H10O5S.C9H6O2S/c1-15-9-7-5-3-4-6-8(7)17(13,14)10(9)11(12)16-2;10-9(11)8-5-6-3-1-2-4-7(6)12-8/h3-6H,1-2H3;1-5H,(H,10,11). The molecule has 0 atom stereocenters. The Morgan fingerprint density at radius 3 is 2.28 bits per heavy atom. The van der Waals surface area contributed by atoms with Crippen molar-refractivity contribution in [1.29, 1.82) is 0 Å². The lowest BCUT2D eigenvalue weighted by Crippen LogP contribution is -2.13. The van der Waals surface area contributed by atoms with Gasteiger partial charge in [-0.2, -0.15) is 0 Å². The van der Waals surface area contributed by atoms with Crippen molar-refractivity contribution < 1.29 is 32.6 Å². The van der Waals surface area contributed by atoms with Crippen molar-refractivity contribution in [2.75, 3.05) is 14.2 Å². The van der Waals surface area contributed by atoms with Crippen LogP contribution in [0.25, 0.3) is 15.8 Å². The monoisotopic (exact) mass is 432 g/mol. The number of hydrogen-bond acceptors (Lipinski definition) is 7. The molecule has 1 aliphatic heterocycles. The van der Waals surface area contributed by atoms with Gasteiger partial charge in [-0.15, -0.1) is 11.3 Å². The van der Waals surface area contributed by atoms with Crippen molar-refractivity contribution in [2.45, 2.75) is 4.90 Å². The van der Waals surface area contributed by atoms with Crippen molar-refractivity contribution in [3.8, 4) is 0 Å². The number of hydrogen-bond donors (Lipinski definition) is 1. The number of carbonyl (C=O) groups is 2. The van der Waals surface area contributed by atoms with E-state index in [0.717, 1.165) is 17.2 Å². The predicted octanol–water partition coefficient (Wildman–Crippen LogP) is 3.56. The fourth-order valence-electron chi connectivity index (χ4n) is 2.83. The maximum absolute atomic E-state index is 12.1. The molecule has 0 saturated heterocycles. The van der Waals surface area contributed by atoms with E-state index in [1.54, 1.807) is 24.3 Å². The van der Waals surface area contributed by atoms with Crippen LogP contribution in [0, 0.1) is 0 Å². The van der Waals surface area contributed by atoms with Gasteiger partial charge in [-0.3, -0.25) is 0 Å². The Bertz CT molecular complexity index is 1200. The Morgan fingerprint density at radius 1 is 1.00 bits per heavy atom. The van der Waals surface area contributed by atoms with E-state index in [9.17, 15) is 18.0 Å². The summed E-state index contributed by atoms with van der Waals surface area (Å²) in [5.41, 5.74) is 0.385. The summed E-state index contributed by atoms with van der Waals surface area (Å²) in [6, 6.07) is 15.6. The molecule has 0 bridgehead atoms. The molecule has 9 heteroatoms. The molecule has 0 radical (unpaired) electrons. The quantitative estimate of drug-likeness (QED) is 0.631. The molecule has 2 aromatic carbocycles. The molecule has 3 aromatic rings. The van der Waals surface area contributed by atoms with Gasteiger partial charge in [0.2, 0.25) is 9.84 Å². The van der Waals surface area contributed by atoms with Gasteiger partial charge in [-0.1, -0.05) is 30.3 Å². The zero-order chi connectivity index (χ0) is 21.2. The van der Waals surface area contributed by atoms with Crippen LogP contribution in [0.4, 0.5) is 0 Å². The number of benzene rings is 2. The first-order valence-corrected chi connectivity index (χ1v) is 10.5. The number of carbonyl (C=O) groups excluding carboxylic acids is 1. The lowest BCUT2D eigenvalue weighted by atomic mass is 10.2. The van der Waals surface area contributed by atoms with E-state index in [0.29, 0.717) is 10.4 Å². The lowest BCUT2D eigenvalue weighted by Gasteiger charge is -2.03. The number of aromatic carboxylic acids is 1. The van der Waals surface area contributed by atoms with E-state index in [4.69, 9.17) is 9.84 Å². The zero-order valence-electron chi connectivity index (χ0n) is 15.4. The second-order valence-electron chi connectivity index (χ2n) is 5.81. The second kappa shape index (κ2) is 8.06. The molecule has 4 rings (SSSR count). The highest BCUT2D eigenvalue weighted by Crippen LogP contribution is 2.39. The fraction of sp³-hybridized carbons (Fsp3) is 0.100. The van der Waals surface area contributed by atoms with Crippen LogP contribution in [0.5, 0.6) is 0 Å². The number of fused-ring (bicyclic) bond motifs is 2. The van der Waals surface area contributed by atoms with Gasteiger partial charge in [0.05, 0.1) is 19.1 Å². The van der Waals surface area contributed by atoms with E-state index in [1.165, 1.54) is 24.5 Å². The molecule has 1 aliphatic rings. The highest BCUT2D eigenvalue weighted by atomic mass is 32.2. The molecule has 1 aromatic heterocycles. The van der Waals surface area contributed by atoms with Gasteiger partial charge in [0.15, 0.2) is 10.7 Å². The van der Waals surface area contributed by atoms with Crippen molar-refractivity contribution >= 4 is 49.0 Å². The topological polar surface area (TPSA) is 107 Å². The summed E-state index contributed by atoms with van der Waals surface area (Å²) in [6.45, 7) is 0. The first kappa shape index (κ1) is 20.6. The highest BCUT2D eigenvalue weighted by molar-refractivity contribution is 7.96. The van der Waals surface area contributed by atoms with Crippen LogP contribution in [-0.4, -0.2) is 39.7 Å². The molecule has 0 spiro atoms. The molecule has 29 heavy (non-hydrogen) atoms. The molecule has 0 unspecified atom stereocenters. The number of rotatable bonds is 3. The summed E-state index contributed by atoms with van der Waals surface area (Å²) < 4.78 is 34.7. The second-order valence-corrected chi connectivity index (χ2v) is 8.75. The van der Waals surface area contributed by atoms with Gasteiger partial charge in [0.25, 0.3) is 0 Å². The van der Waals surface area contributed by atoms with Crippen LogP contribution in [-0.2, 0) is 24.1 Å². The molecular weight excluding hydrogens is 416 g/mol. The van der Waals surface area contributed by atoms with Crippen LogP contribution in [0.15, 0.2) is 64.4 Å². The summed E-state index contributed by atoms with van der Waals surface area (Å²) >= 11 is 1.31. The summed E-state index contributed by atoms with van der Waals surface area (Å²) in [5, 5.41) is 9.70. The predicted molar refractivity (Wildman–Crippen MR) is 108 cm³/mol. The average Bonchev–Trinajstić information content (AvgIpc) is 3.25. The van der Waals surface area contributed by atoms with E-state index in [-0.39, 0.29) is 10.7 Å². The van der Waals surface area contributed by atoms with Gasteiger partial charge in [0.1, 0.15) is 4.88 Å². The molecule has 0 fully saturated rings.